The molecule has 0 spiro atoms. The molecule has 9 heteroatoms. The van der Waals surface area contributed by atoms with Crippen LogP contribution in [0.4, 0.5) is 0 Å². The van der Waals surface area contributed by atoms with Crippen LogP contribution in [0, 0.1) is 6.92 Å². The number of H-pyrrole nitrogens is 1. The second-order valence-electron chi connectivity index (χ2n) is 5.76. The van der Waals surface area contributed by atoms with Crippen LogP contribution < -0.4 is 10.6 Å². The molecule has 0 fully saturated rings. The summed E-state index contributed by atoms with van der Waals surface area (Å²) in [5.74, 6) is 1.57. The fourth-order valence-corrected chi connectivity index (χ4v) is 3.15. The monoisotopic (exact) mass is 497 g/mol. The van der Waals surface area contributed by atoms with Crippen molar-refractivity contribution in [2.24, 2.45) is 4.99 Å². The molecule has 1 aromatic carbocycles. The zero-order chi connectivity index (χ0) is 18.2. The maximum Gasteiger partial charge on any atom is 0.191 e. The fraction of sp³-hybridized carbons (Fsp3) is 0.333. The van der Waals surface area contributed by atoms with Gasteiger partial charge in [-0.05, 0) is 25.5 Å². The Bertz CT molecular complexity index is 845. The predicted molar refractivity (Wildman–Crippen MR) is 121 cm³/mol. The lowest BCUT2D eigenvalue weighted by Crippen LogP contribution is -2.38. The van der Waals surface area contributed by atoms with Gasteiger partial charge in [-0.1, -0.05) is 18.2 Å². The Balaban J connectivity index is 0.00000261. The highest BCUT2D eigenvalue weighted by Crippen LogP contribution is 2.15. The van der Waals surface area contributed by atoms with E-state index in [0.29, 0.717) is 6.54 Å². The van der Waals surface area contributed by atoms with Crippen LogP contribution in [0.1, 0.15) is 23.2 Å². The maximum atomic E-state index is 4.67. The van der Waals surface area contributed by atoms with Crippen molar-refractivity contribution in [3.8, 4) is 11.4 Å². The number of aliphatic imine (C=N–C) groups is 1. The number of benzene rings is 1. The van der Waals surface area contributed by atoms with E-state index in [4.69, 9.17) is 0 Å². The van der Waals surface area contributed by atoms with E-state index in [2.05, 4.69) is 60.2 Å². The number of rotatable bonds is 7. The number of nitrogens with zero attached hydrogens (tertiary/aromatic N) is 4. The van der Waals surface area contributed by atoms with Gasteiger partial charge in [-0.15, -0.1) is 35.3 Å². The first-order chi connectivity index (χ1) is 12.7. The average Bonchev–Trinajstić information content (AvgIpc) is 3.32. The van der Waals surface area contributed by atoms with Gasteiger partial charge in [-0.3, -0.25) is 5.10 Å². The van der Waals surface area contributed by atoms with Crippen molar-refractivity contribution in [3.63, 3.8) is 0 Å². The molecular weight excluding hydrogens is 473 g/mol. The summed E-state index contributed by atoms with van der Waals surface area (Å²) in [7, 11) is 0. The summed E-state index contributed by atoms with van der Waals surface area (Å²) in [6, 6.07) is 8.15. The van der Waals surface area contributed by atoms with E-state index in [9.17, 15) is 0 Å². The number of guanidine groups is 1. The van der Waals surface area contributed by atoms with Crippen LogP contribution >= 0.6 is 35.3 Å². The molecular formula is C18H24IN7S. The minimum atomic E-state index is 0. The number of aromatic nitrogens is 4. The molecule has 0 bridgehead atoms. The van der Waals surface area contributed by atoms with Crippen LogP contribution in [-0.2, 0) is 13.0 Å². The first-order valence-electron chi connectivity index (χ1n) is 8.62. The van der Waals surface area contributed by atoms with Gasteiger partial charge < -0.3 is 10.6 Å². The molecule has 2 heterocycles. The number of hydrogen-bond donors (Lipinski definition) is 3. The fourth-order valence-electron chi connectivity index (χ4n) is 2.51. The molecule has 0 saturated carbocycles. The van der Waals surface area contributed by atoms with Gasteiger partial charge in [0, 0.05) is 30.5 Å². The van der Waals surface area contributed by atoms with Crippen LogP contribution in [0.3, 0.4) is 0 Å². The smallest absolute Gasteiger partial charge is 0.191 e. The average molecular weight is 497 g/mol. The molecule has 0 radical (unpaired) electrons. The largest absolute Gasteiger partial charge is 0.357 e. The molecule has 3 aromatic rings. The van der Waals surface area contributed by atoms with Crippen molar-refractivity contribution >= 4 is 41.3 Å². The highest BCUT2D eigenvalue weighted by atomic mass is 127. The molecule has 0 aliphatic carbocycles. The Labute approximate surface area is 180 Å². The van der Waals surface area contributed by atoms with Crippen LogP contribution in [-0.4, -0.2) is 39.2 Å². The Morgan fingerprint density at radius 3 is 2.89 bits per heavy atom. The molecule has 27 heavy (non-hydrogen) atoms. The summed E-state index contributed by atoms with van der Waals surface area (Å²) in [5, 5.41) is 16.6. The maximum absolute atomic E-state index is 4.67. The zero-order valence-electron chi connectivity index (χ0n) is 15.4. The minimum absolute atomic E-state index is 0. The van der Waals surface area contributed by atoms with Crippen LogP contribution in [0.2, 0.25) is 0 Å². The first kappa shape index (κ1) is 21.3. The van der Waals surface area contributed by atoms with Gasteiger partial charge in [-0.2, -0.15) is 5.10 Å². The van der Waals surface area contributed by atoms with Gasteiger partial charge >= 0.3 is 0 Å². The Morgan fingerprint density at radius 2 is 2.19 bits per heavy atom. The van der Waals surface area contributed by atoms with Crippen LogP contribution in [0.5, 0.6) is 0 Å². The van der Waals surface area contributed by atoms with Crippen molar-refractivity contribution in [2.45, 2.75) is 26.8 Å². The molecule has 3 N–H and O–H groups in total. The summed E-state index contributed by atoms with van der Waals surface area (Å²) in [5.41, 5.74) is 3.24. The number of halogens is 1. The van der Waals surface area contributed by atoms with Crippen molar-refractivity contribution in [3.05, 3.63) is 52.2 Å². The van der Waals surface area contributed by atoms with E-state index in [0.717, 1.165) is 53.1 Å². The topological polar surface area (TPSA) is 90.9 Å². The number of nitrogens with one attached hydrogen (secondary N) is 3. The minimum Gasteiger partial charge on any atom is -0.357 e. The van der Waals surface area contributed by atoms with Crippen molar-refractivity contribution < 1.29 is 0 Å². The third-order valence-electron chi connectivity index (χ3n) is 3.72. The molecule has 7 nitrogen and oxygen atoms in total. The summed E-state index contributed by atoms with van der Waals surface area (Å²) >= 11 is 1.68. The number of aryl methyl sites for hydroxylation is 1. The van der Waals surface area contributed by atoms with Gasteiger partial charge in [0.2, 0.25) is 0 Å². The SMILES string of the molecule is CCNC(=NCc1cccc(-c2ncn[nH]2)c1)NCCc1csc(C)n1.I. The standard InChI is InChI=1S/C18H23N7S.HI/c1-3-19-18(20-8-7-16-11-26-13(2)24-16)21-10-14-5-4-6-15(9-14)17-22-12-23-25-17;/h4-6,9,11-12H,3,7-8,10H2,1-2H3,(H2,19,20,21)(H,22,23,25);1H. The number of hydrogen-bond acceptors (Lipinski definition) is 5. The normalized spacial score (nSPS) is 11.1. The molecule has 0 aliphatic heterocycles. The molecule has 0 amide bonds. The van der Waals surface area contributed by atoms with E-state index in [-0.39, 0.29) is 24.0 Å². The van der Waals surface area contributed by atoms with Gasteiger partial charge in [-0.25, -0.2) is 15.0 Å². The quantitative estimate of drug-likeness (QED) is 0.265. The van der Waals surface area contributed by atoms with E-state index in [1.54, 1.807) is 11.3 Å². The van der Waals surface area contributed by atoms with E-state index < -0.39 is 0 Å². The van der Waals surface area contributed by atoms with Crippen molar-refractivity contribution in [1.29, 1.82) is 0 Å². The molecule has 0 atom stereocenters. The van der Waals surface area contributed by atoms with Gasteiger partial charge in [0.25, 0.3) is 0 Å². The highest BCUT2D eigenvalue weighted by Gasteiger charge is 2.03. The first-order valence-corrected chi connectivity index (χ1v) is 9.50. The summed E-state index contributed by atoms with van der Waals surface area (Å²) in [6.07, 6.45) is 2.40. The lowest BCUT2D eigenvalue weighted by Gasteiger charge is -2.11. The van der Waals surface area contributed by atoms with E-state index >= 15 is 0 Å². The third kappa shape index (κ3) is 6.58. The summed E-state index contributed by atoms with van der Waals surface area (Å²) in [4.78, 5) is 13.3. The van der Waals surface area contributed by atoms with Gasteiger partial charge in [0.05, 0.1) is 17.2 Å². The second-order valence-corrected chi connectivity index (χ2v) is 6.83. The lowest BCUT2D eigenvalue weighted by molar-refractivity contribution is 0.790. The summed E-state index contributed by atoms with van der Waals surface area (Å²) < 4.78 is 0. The van der Waals surface area contributed by atoms with Gasteiger partial charge in [0.1, 0.15) is 6.33 Å². The van der Waals surface area contributed by atoms with Crippen LogP contribution in [0.15, 0.2) is 41.0 Å². The molecule has 2 aromatic heterocycles. The zero-order valence-corrected chi connectivity index (χ0v) is 18.5. The number of aromatic amines is 1. The molecule has 0 saturated heterocycles. The predicted octanol–water partition coefficient (Wildman–Crippen LogP) is 3.15. The van der Waals surface area contributed by atoms with E-state index in [1.165, 1.54) is 6.33 Å². The molecule has 144 valence electrons. The van der Waals surface area contributed by atoms with Gasteiger partial charge in [0.15, 0.2) is 11.8 Å². The highest BCUT2D eigenvalue weighted by molar-refractivity contribution is 14.0. The molecule has 3 rings (SSSR count). The third-order valence-corrected chi connectivity index (χ3v) is 4.54. The molecule has 0 unspecified atom stereocenters. The van der Waals surface area contributed by atoms with E-state index in [1.807, 2.05) is 19.1 Å². The lowest BCUT2D eigenvalue weighted by atomic mass is 10.1. The Hall–Kier alpha value is -2.01. The Kier molecular flexibility index (Phi) is 8.65. The summed E-state index contributed by atoms with van der Waals surface area (Å²) in [6.45, 7) is 6.30. The second kappa shape index (κ2) is 11.0. The van der Waals surface area contributed by atoms with Crippen molar-refractivity contribution in [1.82, 2.24) is 30.8 Å². The molecule has 0 aliphatic rings. The Morgan fingerprint density at radius 1 is 1.30 bits per heavy atom. The number of thiazole rings is 1. The van der Waals surface area contributed by atoms with Crippen LogP contribution in [0.25, 0.3) is 11.4 Å². The van der Waals surface area contributed by atoms with Crippen molar-refractivity contribution in [2.75, 3.05) is 13.1 Å².